The maximum atomic E-state index is 10.1. The lowest BCUT2D eigenvalue weighted by Gasteiger charge is -2.32. The van der Waals surface area contributed by atoms with Crippen molar-refractivity contribution in [3.05, 3.63) is 0 Å². The van der Waals surface area contributed by atoms with Crippen LogP contribution in [0.4, 0.5) is 0 Å². The van der Waals surface area contributed by atoms with E-state index in [0.717, 1.165) is 0 Å². The van der Waals surface area contributed by atoms with Crippen molar-refractivity contribution in [2.24, 2.45) is 5.92 Å². The fourth-order valence-electron chi connectivity index (χ4n) is 1.96. The predicted molar refractivity (Wildman–Crippen MR) is 55.6 cm³/mol. The van der Waals surface area contributed by atoms with Gasteiger partial charge in [-0.1, -0.05) is 12.8 Å². The molecule has 0 saturated heterocycles. The van der Waals surface area contributed by atoms with E-state index in [1.54, 1.807) is 11.8 Å². The van der Waals surface area contributed by atoms with E-state index < -0.39 is 0 Å². The normalized spacial score (nSPS) is 23.0. The highest BCUT2D eigenvalue weighted by Crippen LogP contribution is 2.37. The second-order valence-corrected chi connectivity index (χ2v) is 5.76. The minimum Gasteiger partial charge on any atom is -0.391 e. The SMILES string of the molecule is CSC(C)(C)C(O)C1CCCC1. The molecule has 0 aromatic heterocycles. The lowest BCUT2D eigenvalue weighted by molar-refractivity contribution is 0.0824. The third kappa shape index (κ3) is 2.17. The van der Waals surface area contributed by atoms with Gasteiger partial charge in [-0.15, -0.1) is 0 Å². The number of aliphatic hydroxyl groups is 1. The van der Waals surface area contributed by atoms with Gasteiger partial charge in [0.25, 0.3) is 0 Å². The van der Waals surface area contributed by atoms with Crippen molar-refractivity contribution in [1.29, 1.82) is 0 Å². The lowest BCUT2D eigenvalue weighted by atomic mass is 9.91. The van der Waals surface area contributed by atoms with E-state index in [4.69, 9.17) is 0 Å². The van der Waals surface area contributed by atoms with Crippen molar-refractivity contribution in [1.82, 2.24) is 0 Å². The molecule has 0 spiro atoms. The average Bonchev–Trinajstić information content (AvgIpc) is 2.55. The molecular weight excluding hydrogens is 168 g/mol. The van der Waals surface area contributed by atoms with Gasteiger partial charge in [-0.3, -0.25) is 0 Å². The molecule has 0 aromatic carbocycles. The molecule has 1 rings (SSSR count). The van der Waals surface area contributed by atoms with E-state index in [0.29, 0.717) is 5.92 Å². The van der Waals surface area contributed by atoms with E-state index in [-0.39, 0.29) is 10.9 Å². The lowest BCUT2D eigenvalue weighted by Crippen LogP contribution is -2.37. The molecule has 1 atom stereocenters. The van der Waals surface area contributed by atoms with Crippen LogP contribution in [0.2, 0.25) is 0 Å². The van der Waals surface area contributed by atoms with E-state index in [9.17, 15) is 5.11 Å². The van der Waals surface area contributed by atoms with E-state index in [1.807, 2.05) is 0 Å². The highest BCUT2D eigenvalue weighted by Gasteiger charge is 2.34. The molecule has 0 radical (unpaired) electrons. The second kappa shape index (κ2) is 4.01. The van der Waals surface area contributed by atoms with Crippen LogP contribution in [0.3, 0.4) is 0 Å². The number of aliphatic hydroxyl groups excluding tert-OH is 1. The van der Waals surface area contributed by atoms with Crippen LogP contribution in [-0.2, 0) is 0 Å². The van der Waals surface area contributed by atoms with Crippen molar-refractivity contribution in [2.75, 3.05) is 6.26 Å². The molecule has 1 aliphatic rings. The largest absolute Gasteiger partial charge is 0.391 e. The summed E-state index contributed by atoms with van der Waals surface area (Å²) in [6, 6.07) is 0. The third-order valence-corrected chi connectivity index (χ3v) is 4.38. The Morgan fingerprint density at radius 2 is 1.83 bits per heavy atom. The van der Waals surface area contributed by atoms with Crippen molar-refractivity contribution in [2.45, 2.75) is 50.4 Å². The Hall–Kier alpha value is 0.310. The molecule has 2 heteroatoms. The van der Waals surface area contributed by atoms with Gasteiger partial charge in [0.2, 0.25) is 0 Å². The minimum atomic E-state index is -0.116. The molecule has 0 amide bonds. The standard InChI is InChI=1S/C10H20OS/c1-10(2,12-3)9(11)8-6-4-5-7-8/h8-9,11H,4-7H2,1-3H3. The first-order valence-corrected chi connectivity index (χ1v) is 6.03. The Kier molecular flexibility index (Phi) is 3.47. The summed E-state index contributed by atoms with van der Waals surface area (Å²) in [5, 5.41) is 10.1. The predicted octanol–water partition coefficient (Wildman–Crippen LogP) is 2.68. The highest BCUT2D eigenvalue weighted by atomic mass is 32.2. The summed E-state index contributed by atoms with van der Waals surface area (Å²) in [4.78, 5) is 0. The summed E-state index contributed by atoms with van der Waals surface area (Å²) >= 11 is 1.77. The van der Waals surface area contributed by atoms with Crippen LogP contribution in [0.1, 0.15) is 39.5 Å². The van der Waals surface area contributed by atoms with Crippen molar-refractivity contribution >= 4 is 11.8 Å². The monoisotopic (exact) mass is 188 g/mol. The first-order chi connectivity index (χ1) is 5.58. The van der Waals surface area contributed by atoms with Crippen LogP contribution >= 0.6 is 11.8 Å². The molecule has 1 nitrogen and oxygen atoms in total. The second-order valence-electron chi connectivity index (χ2n) is 4.30. The molecule has 1 aliphatic carbocycles. The summed E-state index contributed by atoms with van der Waals surface area (Å²) in [7, 11) is 0. The molecule has 1 unspecified atom stereocenters. The topological polar surface area (TPSA) is 20.2 Å². The quantitative estimate of drug-likeness (QED) is 0.735. The van der Waals surface area contributed by atoms with E-state index in [2.05, 4.69) is 20.1 Å². The molecule has 1 N–H and O–H groups in total. The summed E-state index contributed by atoms with van der Waals surface area (Å²) in [5.74, 6) is 0.562. The summed E-state index contributed by atoms with van der Waals surface area (Å²) < 4.78 is 0.0367. The zero-order valence-corrected chi connectivity index (χ0v) is 9.16. The van der Waals surface area contributed by atoms with Crippen molar-refractivity contribution < 1.29 is 5.11 Å². The Balaban J connectivity index is 2.50. The molecule has 1 fully saturated rings. The number of thioether (sulfide) groups is 1. The van der Waals surface area contributed by atoms with E-state index >= 15 is 0 Å². The highest BCUT2D eigenvalue weighted by molar-refractivity contribution is 8.00. The molecule has 0 bridgehead atoms. The first-order valence-electron chi connectivity index (χ1n) is 4.81. The fraction of sp³-hybridized carbons (Fsp3) is 1.00. The zero-order chi connectivity index (χ0) is 9.19. The number of hydrogen-bond acceptors (Lipinski definition) is 2. The van der Waals surface area contributed by atoms with Crippen LogP contribution in [0.15, 0.2) is 0 Å². The smallest absolute Gasteiger partial charge is 0.0709 e. The molecule has 1 saturated carbocycles. The van der Waals surface area contributed by atoms with Crippen LogP contribution in [-0.4, -0.2) is 22.2 Å². The molecule has 0 aliphatic heterocycles. The van der Waals surface area contributed by atoms with Gasteiger partial charge in [-0.05, 0) is 38.9 Å². The third-order valence-electron chi connectivity index (χ3n) is 3.08. The van der Waals surface area contributed by atoms with Gasteiger partial charge in [0.15, 0.2) is 0 Å². The molecule has 0 heterocycles. The maximum Gasteiger partial charge on any atom is 0.0709 e. The average molecular weight is 188 g/mol. The van der Waals surface area contributed by atoms with Crippen LogP contribution < -0.4 is 0 Å². The van der Waals surface area contributed by atoms with Gasteiger partial charge in [0.1, 0.15) is 0 Å². The van der Waals surface area contributed by atoms with Crippen LogP contribution in [0, 0.1) is 5.92 Å². The number of rotatable bonds is 3. The van der Waals surface area contributed by atoms with Gasteiger partial charge in [0.05, 0.1) is 6.10 Å². The minimum absolute atomic E-state index is 0.0367. The van der Waals surface area contributed by atoms with Crippen molar-refractivity contribution in [3.63, 3.8) is 0 Å². The van der Waals surface area contributed by atoms with E-state index in [1.165, 1.54) is 25.7 Å². The summed E-state index contributed by atoms with van der Waals surface area (Å²) in [5.41, 5.74) is 0. The first kappa shape index (κ1) is 10.4. The Labute approximate surface area is 79.9 Å². The summed E-state index contributed by atoms with van der Waals surface area (Å²) in [6.45, 7) is 4.28. The van der Waals surface area contributed by atoms with Gasteiger partial charge < -0.3 is 5.11 Å². The Bertz CT molecular complexity index is 139. The summed E-state index contributed by atoms with van der Waals surface area (Å²) in [6.07, 6.45) is 7.04. The Morgan fingerprint density at radius 3 is 2.25 bits per heavy atom. The number of hydrogen-bond donors (Lipinski definition) is 1. The van der Waals surface area contributed by atoms with Gasteiger partial charge in [-0.25, -0.2) is 0 Å². The van der Waals surface area contributed by atoms with Crippen LogP contribution in [0.5, 0.6) is 0 Å². The maximum absolute atomic E-state index is 10.1. The molecular formula is C10H20OS. The van der Waals surface area contributed by atoms with Gasteiger partial charge in [0, 0.05) is 4.75 Å². The fourth-order valence-corrected chi connectivity index (χ4v) is 2.40. The Morgan fingerprint density at radius 1 is 1.33 bits per heavy atom. The van der Waals surface area contributed by atoms with Gasteiger partial charge in [-0.2, -0.15) is 11.8 Å². The van der Waals surface area contributed by atoms with Crippen LogP contribution in [0.25, 0.3) is 0 Å². The molecule has 12 heavy (non-hydrogen) atoms. The van der Waals surface area contributed by atoms with Gasteiger partial charge >= 0.3 is 0 Å². The molecule has 0 aromatic rings. The molecule has 72 valence electrons. The van der Waals surface area contributed by atoms with Crippen molar-refractivity contribution in [3.8, 4) is 0 Å². The zero-order valence-electron chi connectivity index (χ0n) is 8.34.